The van der Waals surface area contributed by atoms with Gasteiger partial charge in [-0.1, -0.05) is 0 Å². The van der Waals surface area contributed by atoms with Crippen molar-refractivity contribution in [2.45, 2.75) is 0 Å². The molecule has 4 nitrogen and oxygen atoms in total. The van der Waals surface area contributed by atoms with Crippen LogP contribution in [0.1, 0.15) is 0 Å². The molecule has 0 aliphatic carbocycles. The molecule has 0 radical (unpaired) electrons. The highest BCUT2D eigenvalue weighted by molar-refractivity contribution is 5.35. The summed E-state index contributed by atoms with van der Waals surface area (Å²) in [5.74, 6) is 0.435. The van der Waals surface area contributed by atoms with E-state index in [1.54, 1.807) is 12.1 Å². The number of nitrogens with one attached hydrogen (secondary N) is 1. The van der Waals surface area contributed by atoms with Crippen LogP contribution in [0.5, 0.6) is 0 Å². The Labute approximate surface area is 58.9 Å². The summed E-state index contributed by atoms with van der Waals surface area (Å²) >= 11 is 0. The van der Waals surface area contributed by atoms with Crippen LogP contribution in [0.3, 0.4) is 0 Å². The van der Waals surface area contributed by atoms with Crippen molar-refractivity contribution in [1.29, 1.82) is 0 Å². The molecule has 0 saturated heterocycles. The van der Waals surface area contributed by atoms with Gasteiger partial charge in [0.05, 0.1) is 13.2 Å². The lowest BCUT2D eigenvalue weighted by molar-refractivity contribution is -0.751. The van der Waals surface area contributed by atoms with Crippen LogP contribution in [-0.4, -0.2) is 12.0 Å². The normalized spacial score (nSPS) is 13.0. The molecule has 0 aromatic carbocycles. The van der Waals surface area contributed by atoms with Crippen LogP contribution in [0.25, 0.3) is 0 Å². The average Bonchev–Trinajstić information content (AvgIpc) is 1.88. The number of quaternary nitrogens is 1. The van der Waals surface area contributed by atoms with Gasteiger partial charge in [0, 0.05) is 6.07 Å². The maximum Gasteiger partial charge on any atom is 0.149 e. The van der Waals surface area contributed by atoms with E-state index in [0.29, 0.717) is 11.5 Å². The number of hydrogen-bond acceptors (Lipinski definition) is 3. The third kappa shape index (κ3) is 1.43. The van der Waals surface area contributed by atoms with Crippen molar-refractivity contribution in [3.63, 3.8) is 0 Å². The zero-order valence-electron chi connectivity index (χ0n) is 5.66. The van der Waals surface area contributed by atoms with Gasteiger partial charge >= 0.3 is 0 Å². The largest absolute Gasteiger partial charge is 0.629 e. The molecule has 1 aromatic heterocycles. The van der Waals surface area contributed by atoms with Gasteiger partial charge in [0.2, 0.25) is 0 Å². The quantitative estimate of drug-likeness (QED) is 0.506. The fourth-order valence-electron chi connectivity index (χ4n) is 0.614. The first-order chi connectivity index (χ1) is 4.70. The number of hydrogen-bond donors (Lipinski definition) is 2. The van der Waals surface area contributed by atoms with E-state index in [-0.39, 0.29) is 5.06 Å². The maximum absolute atomic E-state index is 10.7. The summed E-state index contributed by atoms with van der Waals surface area (Å²) in [5, 5.41) is 10.7. The van der Waals surface area contributed by atoms with E-state index in [4.69, 9.17) is 5.73 Å². The Morgan fingerprint density at radius 3 is 2.70 bits per heavy atom. The molecule has 54 valence electrons. The third-order valence-electron chi connectivity index (χ3n) is 1.19. The van der Waals surface area contributed by atoms with Gasteiger partial charge in [-0.2, -0.15) is 0 Å². The van der Waals surface area contributed by atoms with Crippen LogP contribution in [-0.2, 0) is 0 Å². The highest BCUT2D eigenvalue weighted by Crippen LogP contribution is 2.00. The minimum Gasteiger partial charge on any atom is -0.629 e. The second-order valence-corrected chi connectivity index (χ2v) is 2.03. The molecular weight excluding hydrogens is 130 g/mol. The fraction of sp³-hybridized carbons (Fsp3) is 0.167. The zero-order valence-corrected chi connectivity index (χ0v) is 5.66. The Balaban J connectivity index is 2.89. The molecule has 0 fully saturated rings. The number of aromatic nitrogens is 1. The Hall–Kier alpha value is -1.13. The molecule has 4 heteroatoms. The van der Waals surface area contributed by atoms with Crippen LogP contribution in [0.2, 0.25) is 0 Å². The Morgan fingerprint density at radius 1 is 1.60 bits per heavy atom. The van der Waals surface area contributed by atoms with Gasteiger partial charge in [0.15, 0.2) is 0 Å². The predicted octanol–water partition coefficient (Wildman–Crippen LogP) is -0.692. The van der Waals surface area contributed by atoms with Crippen molar-refractivity contribution >= 4 is 11.5 Å². The summed E-state index contributed by atoms with van der Waals surface area (Å²) in [7, 11) is 1.49. The van der Waals surface area contributed by atoms with Gasteiger partial charge < -0.3 is 16.0 Å². The smallest absolute Gasteiger partial charge is 0.149 e. The molecule has 0 aliphatic heterocycles. The summed E-state index contributed by atoms with van der Waals surface area (Å²) in [6.45, 7) is 0. The van der Waals surface area contributed by atoms with E-state index in [0.717, 1.165) is 0 Å². The summed E-state index contributed by atoms with van der Waals surface area (Å²) in [4.78, 5) is 3.76. The zero-order chi connectivity index (χ0) is 7.56. The summed E-state index contributed by atoms with van der Waals surface area (Å²) in [5.41, 5.74) is 5.90. The third-order valence-corrected chi connectivity index (χ3v) is 1.19. The number of hydroxylamine groups is 1. The number of nitrogen functional groups attached to an aromatic ring is 1. The number of nitrogens with zero attached hydrogens (tertiary/aromatic N) is 1. The van der Waals surface area contributed by atoms with Crippen molar-refractivity contribution in [1.82, 2.24) is 4.98 Å². The van der Waals surface area contributed by atoms with E-state index in [1.807, 2.05) is 0 Å². The number of nitrogens with two attached hydrogens (primary N) is 1. The lowest BCUT2D eigenvalue weighted by Gasteiger charge is -2.14. The van der Waals surface area contributed by atoms with Crippen molar-refractivity contribution in [2.75, 3.05) is 12.8 Å². The maximum atomic E-state index is 10.7. The summed E-state index contributed by atoms with van der Waals surface area (Å²) < 4.78 is 0. The topological polar surface area (TPSA) is 66.4 Å². The molecule has 0 amide bonds. The van der Waals surface area contributed by atoms with Gasteiger partial charge in [-0.15, -0.1) is 0 Å². The minimum absolute atomic E-state index is 0.00694. The van der Waals surface area contributed by atoms with Crippen LogP contribution < -0.4 is 10.8 Å². The summed E-state index contributed by atoms with van der Waals surface area (Å²) in [6.07, 6.45) is 1.47. The Kier molecular flexibility index (Phi) is 1.84. The standard InChI is InChI=1S/C6H9N3O/c1-9(10)5-2-3-6(7)8-4-5/h2-4,9H,1H3,(H2,7,8). The van der Waals surface area contributed by atoms with E-state index in [9.17, 15) is 5.21 Å². The molecule has 10 heavy (non-hydrogen) atoms. The first-order valence-electron chi connectivity index (χ1n) is 2.92. The molecule has 1 unspecified atom stereocenters. The van der Waals surface area contributed by atoms with Crippen molar-refractivity contribution in [3.8, 4) is 0 Å². The van der Waals surface area contributed by atoms with Crippen LogP contribution in [0, 0.1) is 5.21 Å². The number of rotatable bonds is 1. The second-order valence-electron chi connectivity index (χ2n) is 2.03. The number of anilines is 1. The van der Waals surface area contributed by atoms with Crippen LogP contribution in [0.4, 0.5) is 11.5 Å². The van der Waals surface area contributed by atoms with Gasteiger partial charge in [-0.25, -0.2) is 4.98 Å². The van der Waals surface area contributed by atoms with E-state index in [2.05, 4.69) is 4.98 Å². The van der Waals surface area contributed by atoms with Crippen LogP contribution in [0.15, 0.2) is 18.3 Å². The first-order valence-corrected chi connectivity index (χ1v) is 2.92. The monoisotopic (exact) mass is 139 g/mol. The second kappa shape index (κ2) is 2.64. The number of pyridine rings is 1. The van der Waals surface area contributed by atoms with Crippen molar-refractivity contribution in [2.24, 2.45) is 0 Å². The van der Waals surface area contributed by atoms with E-state index < -0.39 is 0 Å². The Morgan fingerprint density at radius 2 is 2.30 bits per heavy atom. The van der Waals surface area contributed by atoms with Crippen molar-refractivity contribution < 1.29 is 5.06 Å². The van der Waals surface area contributed by atoms with Crippen molar-refractivity contribution in [3.05, 3.63) is 23.5 Å². The Bertz CT molecular complexity index is 207. The molecule has 1 heterocycles. The highest BCUT2D eigenvalue weighted by Gasteiger charge is 1.94. The average molecular weight is 139 g/mol. The lowest BCUT2D eigenvalue weighted by Crippen LogP contribution is -2.98. The first kappa shape index (κ1) is 6.98. The molecule has 0 saturated carbocycles. The molecule has 1 atom stereocenters. The molecule has 3 N–H and O–H groups in total. The molecule has 0 aliphatic rings. The van der Waals surface area contributed by atoms with Gasteiger partial charge in [-0.3, -0.25) is 0 Å². The van der Waals surface area contributed by atoms with Gasteiger partial charge in [0.1, 0.15) is 11.5 Å². The SMILES string of the molecule is C[NH+]([O-])c1ccc(N)nc1. The fourth-order valence-corrected chi connectivity index (χ4v) is 0.614. The molecule has 1 rings (SSSR count). The van der Waals surface area contributed by atoms with E-state index in [1.165, 1.54) is 13.2 Å². The van der Waals surface area contributed by atoms with E-state index >= 15 is 0 Å². The molecule has 0 spiro atoms. The molecule has 0 bridgehead atoms. The van der Waals surface area contributed by atoms with Gasteiger partial charge in [0.25, 0.3) is 0 Å². The van der Waals surface area contributed by atoms with Crippen LogP contribution >= 0.6 is 0 Å². The molecular formula is C6H9N3O. The predicted molar refractivity (Wildman–Crippen MR) is 38.6 cm³/mol. The minimum atomic E-state index is 0.00694. The van der Waals surface area contributed by atoms with Gasteiger partial charge in [-0.05, 0) is 6.07 Å². The molecule has 1 aromatic rings. The summed E-state index contributed by atoms with van der Waals surface area (Å²) in [6, 6.07) is 3.27. The highest BCUT2D eigenvalue weighted by atomic mass is 16.5. The lowest BCUT2D eigenvalue weighted by atomic mass is 10.4.